The van der Waals surface area contributed by atoms with Gasteiger partial charge < -0.3 is 14.6 Å². The van der Waals surface area contributed by atoms with Crippen LogP contribution in [0.2, 0.25) is 0 Å². The van der Waals surface area contributed by atoms with Gasteiger partial charge in [0.1, 0.15) is 5.75 Å². The zero-order chi connectivity index (χ0) is 9.84. The quantitative estimate of drug-likeness (QED) is 0.759. The van der Waals surface area contributed by atoms with Crippen LogP contribution in [0.1, 0.15) is 0 Å². The van der Waals surface area contributed by atoms with Gasteiger partial charge in [-0.2, -0.15) is 0 Å². The van der Waals surface area contributed by atoms with Crippen molar-refractivity contribution in [2.75, 3.05) is 20.5 Å². The summed E-state index contributed by atoms with van der Waals surface area (Å²) in [5.41, 5.74) is 0. The van der Waals surface area contributed by atoms with Crippen LogP contribution in [-0.4, -0.2) is 25.6 Å². The molecule has 3 nitrogen and oxygen atoms in total. The minimum absolute atomic E-state index is 0.213. The first-order valence-electron chi connectivity index (χ1n) is 3.72. The zero-order valence-electron chi connectivity index (χ0n) is 7.83. The molecule has 0 amide bonds. The Kier molecular flexibility index (Phi) is 3.31. The van der Waals surface area contributed by atoms with Crippen molar-refractivity contribution in [3.8, 4) is 17.2 Å². The molecule has 0 saturated heterocycles. The maximum absolute atomic E-state index is 9.49. The third kappa shape index (κ3) is 1.83. The number of aromatic hydroxyl groups is 1. The molecule has 13 heavy (non-hydrogen) atoms. The van der Waals surface area contributed by atoms with Crippen molar-refractivity contribution in [3.05, 3.63) is 12.1 Å². The Morgan fingerprint density at radius 1 is 1.23 bits per heavy atom. The molecule has 1 rings (SSSR count). The Balaban J connectivity index is 3.27. The number of methoxy groups -OCH3 is 2. The van der Waals surface area contributed by atoms with Crippen molar-refractivity contribution in [1.29, 1.82) is 0 Å². The molecule has 0 aromatic heterocycles. The van der Waals surface area contributed by atoms with Crippen molar-refractivity contribution < 1.29 is 14.6 Å². The second-order valence-corrected chi connectivity index (χ2v) is 3.17. The summed E-state index contributed by atoms with van der Waals surface area (Å²) in [4.78, 5) is 0.696. The largest absolute Gasteiger partial charge is 0.507 e. The molecule has 1 aromatic rings. The van der Waals surface area contributed by atoms with Gasteiger partial charge in [0, 0.05) is 0 Å². The van der Waals surface area contributed by atoms with Crippen LogP contribution in [0.5, 0.6) is 17.2 Å². The van der Waals surface area contributed by atoms with Gasteiger partial charge in [0.05, 0.1) is 19.1 Å². The van der Waals surface area contributed by atoms with E-state index < -0.39 is 0 Å². The van der Waals surface area contributed by atoms with Crippen LogP contribution in [0, 0.1) is 0 Å². The predicted molar refractivity (Wildman–Crippen MR) is 53.0 cm³/mol. The molecule has 1 N–H and O–H groups in total. The average molecular weight is 200 g/mol. The summed E-state index contributed by atoms with van der Waals surface area (Å²) in [6, 6.07) is 3.26. The van der Waals surface area contributed by atoms with Crippen LogP contribution in [0.4, 0.5) is 0 Å². The van der Waals surface area contributed by atoms with E-state index in [1.165, 1.54) is 11.8 Å². The second kappa shape index (κ2) is 4.28. The first-order chi connectivity index (χ1) is 6.24. The van der Waals surface area contributed by atoms with Crippen molar-refractivity contribution in [3.63, 3.8) is 0 Å². The fourth-order valence-electron chi connectivity index (χ4n) is 1.09. The number of ether oxygens (including phenoxy) is 2. The molecule has 0 aliphatic heterocycles. The van der Waals surface area contributed by atoms with E-state index in [-0.39, 0.29) is 5.75 Å². The van der Waals surface area contributed by atoms with Gasteiger partial charge in [-0.3, -0.25) is 0 Å². The van der Waals surface area contributed by atoms with Gasteiger partial charge in [-0.25, -0.2) is 0 Å². The summed E-state index contributed by atoms with van der Waals surface area (Å²) in [6.07, 6.45) is 1.87. The van der Waals surface area contributed by atoms with Crippen molar-refractivity contribution in [1.82, 2.24) is 0 Å². The maximum atomic E-state index is 9.49. The third-order valence-electron chi connectivity index (χ3n) is 1.68. The standard InChI is InChI=1S/C9H12O3S/c1-11-7-5-4-6(10)9(13-3)8(7)12-2/h4-5,10H,1-3H3. The molecule has 0 bridgehead atoms. The summed E-state index contributed by atoms with van der Waals surface area (Å²) in [7, 11) is 3.12. The monoisotopic (exact) mass is 200 g/mol. The topological polar surface area (TPSA) is 38.7 Å². The van der Waals surface area contributed by atoms with Crippen LogP contribution in [0.25, 0.3) is 0 Å². The minimum atomic E-state index is 0.213. The lowest BCUT2D eigenvalue weighted by Gasteiger charge is -2.11. The molecule has 4 heteroatoms. The lowest BCUT2D eigenvalue weighted by atomic mass is 10.3. The highest BCUT2D eigenvalue weighted by molar-refractivity contribution is 7.98. The van der Waals surface area contributed by atoms with E-state index >= 15 is 0 Å². The first kappa shape index (κ1) is 10.1. The molecule has 0 aliphatic rings. The number of phenolic OH excluding ortho intramolecular Hbond substituents is 1. The van der Waals surface area contributed by atoms with Gasteiger partial charge in [0.25, 0.3) is 0 Å². The zero-order valence-corrected chi connectivity index (χ0v) is 8.64. The Labute approximate surface area is 81.7 Å². The van der Waals surface area contributed by atoms with Crippen LogP contribution >= 0.6 is 11.8 Å². The highest BCUT2D eigenvalue weighted by atomic mass is 32.2. The third-order valence-corrected chi connectivity index (χ3v) is 2.49. The minimum Gasteiger partial charge on any atom is -0.507 e. The normalized spacial score (nSPS) is 9.77. The summed E-state index contributed by atoms with van der Waals surface area (Å²) >= 11 is 1.42. The van der Waals surface area contributed by atoms with Gasteiger partial charge in [-0.05, 0) is 18.4 Å². The maximum Gasteiger partial charge on any atom is 0.178 e. The van der Waals surface area contributed by atoms with Crippen LogP contribution in [-0.2, 0) is 0 Å². The Bertz CT molecular complexity index is 299. The van der Waals surface area contributed by atoms with Gasteiger partial charge in [-0.1, -0.05) is 0 Å². The lowest BCUT2D eigenvalue weighted by Crippen LogP contribution is -1.92. The number of hydrogen-bond donors (Lipinski definition) is 1. The van der Waals surface area contributed by atoms with Gasteiger partial charge >= 0.3 is 0 Å². The van der Waals surface area contributed by atoms with Crippen LogP contribution in [0.15, 0.2) is 17.0 Å². The summed E-state index contributed by atoms with van der Waals surface area (Å²) in [6.45, 7) is 0. The van der Waals surface area contributed by atoms with Gasteiger partial charge in [0.15, 0.2) is 11.5 Å². The molecule has 0 saturated carbocycles. The van der Waals surface area contributed by atoms with E-state index in [9.17, 15) is 5.11 Å². The number of benzene rings is 1. The van der Waals surface area contributed by atoms with Crippen LogP contribution < -0.4 is 9.47 Å². The van der Waals surface area contributed by atoms with E-state index in [1.54, 1.807) is 26.4 Å². The smallest absolute Gasteiger partial charge is 0.178 e. The summed E-state index contributed by atoms with van der Waals surface area (Å²) in [5, 5.41) is 9.49. The van der Waals surface area contributed by atoms with Gasteiger partial charge in [0.2, 0.25) is 0 Å². The number of hydrogen-bond acceptors (Lipinski definition) is 4. The van der Waals surface area contributed by atoms with E-state index in [4.69, 9.17) is 9.47 Å². The molecular weight excluding hydrogens is 188 g/mol. The Morgan fingerprint density at radius 3 is 2.38 bits per heavy atom. The first-order valence-corrected chi connectivity index (χ1v) is 4.95. The van der Waals surface area contributed by atoms with Crippen molar-refractivity contribution in [2.45, 2.75) is 4.90 Å². The van der Waals surface area contributed by atoms with E-state index in [1.807, 2.05) is 6.26 Å². The average Bonchev–Trinajstić information content (AvgIpc) is 2.17. The fraction of sp³-hybridized carbons (Fsp3) is 0.333. The molecular formula is C9H12O3S. The molecule has 0 spiro atoms. The second-order valence-electron chi connectivity index (χ2n) is 2.35. The molecule has 0 atom stereocenters. The Hall–Kier alpha value is -1.03. The van der Waals surface area contributed by atoms with E-state index in [2.05, 4.69) is 0 Å². The molecule has 0 fully saturated rings. The molecule has 72 valence electrons. The molecule has 0 unspecified atom stereocenters. The lowest BCUT2D eigenvalue weighted by molar-refractivity contribution is 0.341. The highest BCUT2D eigenvalue weighted by Gasteiger charge is 2.12. The SMILES string of the molecule is COc1ccc(O)c(SC)c1OC. The number of rotatable bonds is 3. The van der Waals surface area contributed by atoms with Crippen LogP contribution in [0.3, 0.4) is 0 Å². The highest BCUT2D eigenvalue weighted by Crippen LogP contribution is 2.42. The number of thioether (sulfide) groups is 1. The number of phenols is 1. The van der Waals surface area contributed by atoms with E-state index in [0.29, 0.717) is 16.4 Å². The predicted octanol–water partition coefficient (Wildman–Crippen LogP) is 2.13. The molecule has 0 radical (unpaired) electrons. The van der Waals surface area contributed by atoms with Gasteiger partial charge in [-0.15, -0.1) is 11.8 Å². The molecule has 0 heterocycles. The fourth-order valence-corrected chi connectivity index (χ4v) is 1.73. The van der Waals surface area contributed by atoms with Crippen molar-refractivity contribution in [2.24, 2.45) is 0 Å². The molecule has 0 aliphatic carbocycles. The summed E-state index contributed by atoms with van der Waals surface area (Å²) < 4.78 is 10.2. The molecule has 1 aromatic carbocycles. The van der Waals surface area contributed by atoms with E-state index in [0.717, 1.165) is 0 Å². The summed E-state index contributed by atoms with van der Waals surface area (Å²) in [5.74, 6) is 1.42. The Morgan fingerprint density at radius 2 is 1.92 bits per heavy atom. The van der Waals surface area contributed by atoms with Crippen molar-refractivity contribution >= 4 is 11.8 Å².